The molecule has 2 aromatic heterocycles. The molecule has 7 nitrogen and oxygen atoms in total. The molecule has 132 valence electrons. The van der Waals surface area contributed by atoms with Crippen molar-refractivity contribution < 1.29 is 4.74 Å². The van der Waals surface area contributed by atoms with Gasteiger partial charge in [-0.1, -0.05) is 11.8 Å². The molecule has 2 aromatic rings. The van der Waals surface area contributed by atoms with Crippen LogP contribution in [-0.2, 0) is 30.5 Å². The van der Waals surface area contributed by atoms with E-state index in [1.54, 1.807) is 18.9 Å². The molecule has 3 heterocycles. The van der Waals surface area contributed by atoms with Crippen molar-refractivity contribution in [3.8, 4) is 0 Å². The fraction of sp³-hybridized carbons (Fsp3) is 0.688. The first-order chi connectivity index (χ1) is 11.8. The van der Waals surface area contributed by atoms with Crippen LogP contribution in [0, 0.1) is 5.92 Å². The van der Waals surface area contributed by atoms with Crippen molar-refractivity contribution in [1.29, 1.82) is 0 Å². The maximum atomic E-state index is 5.14. The number of thioether (sulfide) groups is 1. The quantitative estimate of drug-likeness (QED) is 0.728. The highest BCUT2D eigenvalue weighted by atomic mass is 32.2. The molecule has 0 bridgehead atoms. The smallest absolute Gasteiger partial charge is 0.191 e. The molecule has 0 aromatic carbocycles. The number of piperidine rings is 1. The molecule has 1 aliphatic rings. The van der Waals surface area contributed by atoms with Gasteiger partial charge in [0.25, 0.3) is 0 Å². The standard InChI is InChI=1S/C16H26N6OS/c1-21-15(9-13-3-5-17-6-4-13)19-20-16(21)24-11-14-10-18-12-22(14)7-8-23-2/h10,12-13,17H,3-9,11H2,1-2H3. The fourth-order valence-corrected chi connectivity index (χ4v) is 3.91. The third-order valence-electron chi connectivity index (χ3n) is 4.54. The van der Waals surface area contributed by atoms with Gasteiger partial charge in [-0.25, -0.2) is 4.98 Å². The van der Waals surface area contributed by atoms with Crippen LogP contribution < -0.4 is 5.32 Å². The average Bonchev–Trinajstić information content (AvgIpc) is 3.19. The molecule has 0 amide bonds. The number of imidazole rings is 1. The maximum absolute atomic E-state index is 5.14. The van der Waals surface area contributed by atoms with Gasteiger partial charge in [0, 0.05) is 44.8 Å². The number of hydrogen-bond donors (Lipinski definition) is 1. The zero-order valence-electron chi connectivity index (χ0n) is 14.4. The topological polar surface area (TPSA) is 69.8 Å². The van der Waals surface area contributed by atoms with Gasteiger partial charge in [0.2, 0.25) is 0 Å². The second kappa shape index (κ2) is 8.64. The van der Waals surface area contributed by atoms with Crippen molar-refractivity contribution in [3.05, 3.63) is 24.0 Å². The van der Waals surface area contributed by atoms with Crippen LogP contribution in [0.15, 0.2) is 17.7 Å². The molecule has 1 saturated heterocycles. The first-order valence-corrected chi connectivity index (χ1v) is 9.46. The van der Waals surface area contributed by atoms with Gasteiger partial charge in [0.1, 0.15) is 5.82 Å². The number of hydrogen-bond acceptors (Lipinski definition) is 6. The number of nitrogens with one attached hydrogen (secondary N) is 1. The minimum atomic E-state index is 0.693. The summed E-state index contributed by atoms with van der Waals surface area (Å²) in [7, 11) is 3.79. The van der Waals surface area contributed by atoms with Crippen LogP contribution in [0.25, 0.3) is 0 Å². The maximum Gasteiger partial charge on any atom is 0.191 e. The largest absolute Gasteiger partial charge is 0.383 e. The van der Waals surface area contributed by atoms with E-state index >= 15 is 0 Å². The lowest BCUT2D eigenvalue weighted by molar-refractivity contribution is 0.186. The molecular formula is C16H26N6OS. The van der Waals surface area contributed by atoms with E-state index < -0.39 is 0 Å². The van der Waals surface area contributed by atoms with Gasteiger partial charge in [-0.15, -0.1) is 10.2 Å². The van der Waals surface area contributed by atoms with Gasteiger partial charge in [-0.05, 0) is 31.8 Å². The van der Waals surface area contributed by atoms with Crippen molar-refractivity contribution in [2.24, 2.45) is 13.0 Å². The molecule has 0 atom stereocenters. The van der Waals surface area contributed by atoms with Crippen LogP contribution in [0.4, 0.5) is 0 Å². The minimum absolute atomic E-state index is 0.693. The van der Waals surface area contributed by atoms with Crippen molar-refractivity contribution in [2.75, 3.05) is 26.8 Å². The predicted octanol–water partition coefficient (Wildman–Crippen LogP) is 1.49. The van der Waals surface area contributed by atoms with Crippen LogP contribution in [0.5, 0.6) is 0 Å². The molecule has 0 spiro atoms. The minimum Gasteiger partial charge on any atom is -0.383 e. The van der Waals surface area contributed by atoms with Gasteiger partial charge in [-0.2, -0.15) is 0 Å². The second-order valence-electron chi connectivity index (χ2n) is 6.22. The Morgan fingerprint density at radius 1 is 1.33 bits per heavy atom. The molecule has 1 N–H and O–H groups in total. The van der Waals surface area contributed by atoms with Crippen LogP contribution in [0.1, 0.15) is 24.4 Å². The zero-order valence-corrected chi connectivity index (χ0v) is 15.3. The van der Waals surface area contributed by atoms with Crippen LogP contribution in [0.2, 0.25) is 0 Å². The van der Waals surface area contributed by atoms with E-state index in [1.165, 1.54) is 18.5 Å². The highest BCUT2D eigenvalue weighted by Crippen LogP contribution is 2.23. The summed E-state index contributed by atoms with van der Waals surface area (Å²) in [6.07, 6.45) is 7.25. The van der Waals surface area contributed by atoms with Gasteiger partial charge >= 0.3 is 0 Å². The molecular weight excluding hydrogens is 324 g/mol. The van der Waals surface area contributed by atoms with Crippen LogP contribution in [-0.4, -0.2) is 51.1 Å². The van der Waals surface area contributed by atoms with Crippen molar-refractivity contribution in [3.63, 3.8) is 0 Å². The summed E-state index contributed by atoms with van der Waals surface area (Å²) in [4.78, 5) is 4.24. The predicted molar refractivity (Wildman–Crippen MR) is 94.0 cm³/mol. The number of nitrogens with zero attached hydrogens (tertiary/aromatic N) is 5. The van der Waals surface area contributed by atoms with Gasteiger partial charge in [-0.3, -0.25) is 0 Å². The summed E-state index contributed by atoms with van der Waals surface area (Å²) in [5.41, 5.74) is 1.18. The first kappa shape index (κ1) is 17.4. The summed E-state index contributed by atoms with van der Waals surface area (Å²) < 4.78 is 9.41. The fourth-order valence-electron chi connectivity index (χ4n) is 2.99. The van der Waals surface area contributed by atoms with E-state index in [4.69, 9.17) is 4.74 Å². The summed E-state index contributed by atoms with van der Waals surface area (Å²) >= 11 is 1.71. The Morgan fingerprint density at radius 2 is 2.17 bits per heavy atom. The van der Waals surface area contributed by atoms with E-state index in [1.807, 2.05) is 12.5 Å². The van der Waals surface area contributed by atoms with E-state index in [9.17, 15) is 0 Å². The SMILES string of the molecule is COCCn1cncc1CSc1nnc(CC2CCNCC2)n1C. The average molecular weight is 350 g/mol. The van der Waals surface area contributed by atoms with E-state index in [2.05, 4.69) is 36.7 Å². The van der Waals surface area contributed by atoms with Gasteiger partial charge in [0.15, 0.2) is 5.16 Å². The number of ether oxygens (including phenoxy) is 1. The molecule has 3 rings (SSSR count). The van der Waals surface area contributed by atoms with Gasteiger partial charge in [0.05, 0.1) is 12.9 Å². The lowest BCUT2D eigenvalue weighted by Crippen LogP contribution is -2.29. The lowest BCUT2D eigenvalue weighted by Gasteiger charge is -2.21. The summed E-state index contributed by atoms with van der Waals surface area (Å²) in [5.74, 6) is 2.66. The zero-order chi connectivity index (χ0) is 16.8. The first-order valence-electron chi connectivity index (χ1n) is 8.47. The van der Waals surface area contributed by atoms with Crippen molar-refractivity contribution >= 4 is 11.8 Å². The molecule has 0 aliphatic carbocycles. The van der Waals surface area contributed by atoms with Crippen molar-refractivity contribution in [2.45, 2.75) is 36.7 Å². The van der Waals surface area contributed by atoms with E-state index in [0.29, 0.717) is 6.61 Å². The normalized spacial score (nSPS) is 15.9. The monoisotopic (exact) mass is 350 g/mol. The molecule has 8 heteroatoms. The Labute approximate surface area is 147 Å². The third-order valence-corrected chi connectivity index (χ3v) is 5.59. The summed E-state index contributed by atoms with van der Waals surface area (Å²) in [6.45, 7) is 3.76. The Balaban J connectivity index is 1.57. The summed E-state index contributed by atoms with van der Waals surface area (Å²) in [5, 5.41) is 13.2. The summed E-state index contributed by atoms with van der Waals surface area (Å²) in [6, 6.07) is 0. The number of aromatic nitrogens is 5. The van der Waals surface area contributed by atoms with Crippen LogP contribution >= 0.6 is 11.8 Å². The Hall–Kier alpha value is -1.38. The molecule has 0 unspecified atom stereocenters. The molecule has 0 radical (unpaired) electrons. The number of rotatable bonds is 8. The van der Waals surface area contributed by atoms with Crippen LogP contribution in [0.3, 0.4) is 0 Å². The molecule has 0 saturated carbocycles. The van der Waals surface area contributed by atoms with E-state index in [0.717, 1.165) is 48.7 Å². The second-order valence-corrected chi connectivity index (χ2v) is 7.16. The molecule has 1 aliphatic heterocycles. The Bertz CT molecular complexity index is 634. The Morgan fingerprint density at radius 3 is 2.96 bits per heavy atom. The van der Waals surface area contributed by atoms with Gasteiger partial charge < -0.3 is 19.2 Å². The van der Waals surface area contributed by atoms with E-state index in [-0.39, 0.29) is 0 Å². The molecule has 1 fully saturated rings. The highest BCUT2D eigenvalue weighted by molar-refractivity contribution is 7.98. The Kier molecular flexibility index (Phi) is 6.28. The highest BCUT2D eigenvalue weighted by Gasteiger charge is 2.18. The number of methoxy groups -OCH3 is 1. The third kappa shape index (κ3) is 4.37. The van der Waals surface area contributed by atoms with Crippen molar-refractivity contribution in [1.82, 2.24) is 29.6 Å². The lowest BCUT2D eigenvalue weighted by atomic mass is 9.94. The molecule has 24 heavy (non-hydrogen) atoms.